The lowest BCUT2D eigenvalue weighted by atomic mass is 10.4. The van der Waals surface area contributed by atoms with Crippen LogP contribution in [-0.4, -0.2) is 19.1 Å². The van der Waals surface area contributed by atoms with Gasteiger partial charge in [-0.1, -0.05) is 12.7 Å². The van der Waals surface area contributed by atoms with E-state index < -0.39 is 0 Å². The van der Waals surface area contributed by atoms with Gasteiger partial charge in [0.1, 0.15) is 0 Å². The molecule has 0 bridgehead atoms. The van der Waals surface area contributed by atoms with Gasteiger partial charge in [-0.2, -0.15) is 0 Å². The minimum absolute atomic E-state index is 0.480. The van der Waals surface area contributed by atoms with Gasteiger partial charge in [0.15, 0.2) is 0 Å². The van der Waals surface area contributed by atoms with E-state index in [9.17, 15) is 0 Å². The summed E-state index contributed by atoms with van der Waals surface area (Å²) in [5, 5.41) is 0. The second-order valence-electron chi connectivity index (χ2n) is 2.01. The first kappa shape index (κ1) is 9.73. The van der Waals surface area contributed by atoms with Crippen LogP contribution in [0.5, 0.6) is 0 Å². The number of hydrogen-bond acceptors (Lipinski definition) is 1. The molecule has 0 aromatic heterocycles. The minimum atomic E-state index is 0.480. The van der Waals surface area contributed by atoms with Gasteiger partial charge in [0.2, 0.25) is 0 Å². The summed E-state index contributed by atoms with van der Waals surface area (Å²) >= 11 is 5.47. The summed E-state index contributed by atoms with van der Waals surface area (Å²) in [6.45, 7) is 8.53. The molecule has 0 fully saturated rings. The quantitative estimate of drug-likeness (QED) is 0.329. The zero-order valence-corrected chi connectivity index (χ0v) is 6.86. The average molecular weight is 161 g/mol. The van der Waals surface area contributed by atoms with E-state index in [0.717, 1.165) is 12.0 Å². The largest absolute Gasteiger partial charge is 0.377 e. The molecule has 0 rings (SSSR count). The molecule has 0 saturated carbocycles. The van der Waals surface area contributed by atoms with Crippen molar-refractivity contribution in [2.75, 3.05) is 19.1 Å². The molecular formula is C8H13ClO. The van der Waals surface area contributed by atoms with E-state index in [1.54, 1.807) is 0 Å². The van der Waals surface area contributed by atoms with Crippen molar-refractivity contribution in [1.82, 2.24) is 0 Å². The molecule has 0 heterocycles. The Hall–Kier alpha value is -0.270. The summed E-state index contributed by atoms with van der Waals surface area (Å²) in [6.07, 6.45) is 2.71. The van der Waals surface area contributed by atoms with Gasteiger partial charge in [-0.05, 0) is 12.0 Å². The van der Waals surface area contributed by atoms with Crippen LogP contribution in [0, 0.1) is 0 Å². The summed E-state index contributed by atoms with van der Waals surface area (Å²) < 4.78 is 5.17. The SMILES string of the molecule is C=CCCOCC(=C)CCl. The lowest BCUT2D eigenvalue weighted by Crippen LogP contribution is -1.99. The van der Waals surface area contributed by atoms with Gasteiger partial charge in [0, 0.05) is 5.88 Å². The van der Waals surface area contributed by atoms with Gasteiger partial charge in [0.05, 0.1) is 13.2 Å². The van der Waals surface area contributed by atoms with E-state index in [4.69, 9.17) is 16.3 Å². The Balaban J connectivity index is 3.03. The second kappa shape index (κ2) is 6.84. The Morgan fingerprint density at radius 1 is 1.60 bits per heavy atom. The van der Waals surface area contributed by atoms with E-state index in [2.05, 4.69) is 13.2 Å². The van der Waals surface area contributed by atoms with Crippen molar-refractivity contribution in [1.29, 1.82) is 0 Å². The number of hydrogen-bond donors (Lipinski definition) is 0. The molecule has 0 N–H and O–H groups in total. The Kier molecular flexibility index (Phi) is 6.66. The molecule has 0 spiro atoms. The maximum absolute atomic E-state index is 5.47. The van der Waals surface area contributed by atoms with Crippen molar-refractivity contribution >= 4 is 11.6 Å². The third-order valence-corrected chi connectivity index (χ3v) is 1.34. The van der Waals surface area contributed by atoms with E-state index in [1.165, 1.54) is 0 Å². The fraction of sp³-hybridized carbons (Fsp3) is 0.500. The lowest BCUT2D eigenvalue weighted by Gasteiger charge is -2.01. The van der Waals surface area contributed by atoms with Crippen LogP contribution < -0.4 is 0 Å². The first-order valence-corrected chi connectivity index (χ1v) is 3.76. The van der Waals surface area contributed by atoms with Crippen LogP contribution in [0.25, 0.3) is 0 Å². The van der Waals surface area contributed by atoms with Crippen LogP contribution in [0.1, 0.15) is 6.42 Å². The van der Waals surface area contributed by atoms with Crippen molar-refractivity contribution in [3.8, 4) is 0 Å². The van der Waals surface area contributed by atoms with Crippen LogP contribution in [0.15, 0.2) is 24.8 Å². The van der Waals surface area contributed by atoms with E-state index in [-0.39, 0.29) is 0 Å². The predicted octanol–water partition coefficient (Wildman–Crippen LogP) is 2.37. The zero-order chi connectivity index (χ0) is 7.82. The molecule has 0 aliphatic carbocycles. The zero-order valence-electron chi connectivity index (χ0n) is 6.11. The fourth-order valence-electron chi connectivity index (χ4n) is 0.422. The molecule has 0 aliphatic rings. The maximum Gasteiger partial charge on any atom is 0.0685 e. The third-order valence-electron chi connectivity index (χ3n) is 0.961. The van der Waals surface area contributed by atoms with Crippen LogP contribution >= 0.6 is 11.6 Å². The fourth-order valence-corrected chi connectivity index (χ4v) is 0.499. The molecule has 10 heavy (non-hydrogen) atoms. The van der Waals surface area contributed by atoms with E-state index in [0.29, 0.717) is 19.1 Å². The highest BCUT2D eigenvalue weighted by atomic mass is 35.5. The first-order valence-electron chi connectivity index (χ1n) is 3.22. The Morgan fingerprint density at radius 2 is 2.30 bits per heavy atom. The van der Waals surface area contributed by atoms with Crippen LogP contribution in [0.2, 0.25) is 0 Å². The molecule has 1 nitrogen and oxygen atoms in total. The van der Waals surface area contributed by atoms with E-state index >= 15 is 0 Å². The minimum Gasteiger partial charge on any atom is -0.377 e. The van der Waals surface area contributed by atoms with Crippen molar-refractivity contribution < 1.29 is 4.74 Å². The number of ether oxygens (including phenoxy) is 1. The molecule has 0 radical (unpaired) electrons. The Morgan fingerprint density at radius 3 is 2.80 bits per heavy atom. The number of rotatable bonds is 6. The molecule has 0 aromatic rings. The maximum atomic E-state index is 5.47. The molecule has 0 aromatic carbocycles. The summed E-state index contributed by atoms with van der Waals surface area (Å²) in [7, 11) is 0. The molecular weight excluding hydrogens is 148 g/mol. The lowest BCUT2D eigenvalue weighted by molar-refractivity contribution is 0.162. The molecule has 58 valence electrons. The van der Waals surface area contributed by atoms with Gasteiger partial charge >= 0.3 is 0 Å². The number of alkyl halides is 1. The topological polar surface area (TPSA) is 9.23 Å². The molecule has 0 aliphatic heterocycles. The molecule has 0 unspecified atom stereocenters. The normalized spacial score (nSPS) is 9.30. The van der Waals surface area contributed by atoms with Crippen molar-refractivity contribution in [2.24, 2.45) is 0 Å². The third kappa shape index (κ3) is 5.86. The Bertz CT molecular complexity index is 110. The predicted molar refractivity (Wildman–Crippen MR) is 45.5 cm³/mol. The van der Waals surface area contributed by atoms with Gasteiger partial charge in [-0.15, -0.1) is 18.2 Å². The van der Waals surface area contributed by atoms with Gasteiger partial charge in [-0.3, -0.25) is 0 Å². The van der Waals surface area contributed by atoms with Gasteiger partial charge in [0.25, 0.3) is 0 Å². The highest BCUT2D eigenvalue weighted by Gasteiger charge is 1.89. The summed E-state index contributed by atoms with van der Waals surface area (Å²) in [5.41, 5.74) is 0.922. The Labute approximate surface area is 67.3 Å². The van der Waals surface area contributed by atoms with Crippen LogP contribution in [0.4, 0.5) is 0 Å². The molecule has 0 amide bonds. The molecule has 0 atom stereocenters. The van der Waals surface area contributed by atoms with Crippen molar-refractivity contribution in [3.63, 3.8) is 0 Å². The number of halogens is 1. The van der Waals surface area contributed by atoms with E-state index in [1.807, 2.05) is 6.08 Å². The molecule has 2 heteroatoms. The standard InChI is InChI=1S/C8H13ClO/c1-3-4-5-10-7-8(2)6-9/h3H,1-2,4-7H2. The highest BCUT2D eigenvalue weighted by molar-refractivity contribution is 6.19. The van der Waals surface area contributed by atoms with Gasteiger partial charge in [-0.25, -0.2) is 0 Å². The summed E-state index contributed by atoms with van der Waals surface area (Å²) in [6, 6.07) is 0. The average Bonchev–Trinajstić information content (AvgIpc) is 1.98. The monoisotopic (exact) mass is 160 g/mol. The van der Waals surface area contributed by atoms with Crippen LogP contribution in [-0.2, 0) is 4.74 Å². The smallest absolute Gasteiger partial charge is 0.0685 e. The summed E-state index contributed by atoms with van der Waals surface area (Å²) in [4.78, 5) is 0. The second-order valence-corrected chi connectivity index (χ2v) is 2.28. The molecule has 0 saturated heterocycles. The van der Waals surface area contributed by atoms with Gasteiger partial charge < -0.3 is 4.74 Å². The van der Waals surface area contributed by atoms with Crippen molar-refractivity contribution in [3.05, 3.63) is 24.8 Å². The highest BCUT2D eigenvalue weighted by Crippen LogP contribution is 1.94. The van der Waals surface area contributed by atoms with Crippen LogP contribution in [0.3, 0.4) is 0 Å². The summed E-state index contributed by atoms with van der Waals surface area (Å²) in [5.74, 6) is 0.480. The first-order chi connectivity index (χ1) is 4.81. The van der Waals surface area contributed by atoms with Crippen molar-refractivity contribution in [2.45, 2.75) is 6.42 Å².